The maximum absolute atomic E-state index is 12.7. The monoisotopic (exact) mass is 666 g/mol. The molecule has 0 aromatic carbocycles. The fraction of sp³-hybridized carbons (Fsp3) is 0.927. The molecule has 0 bridgehead atoms. The molecule has 0 rings (SSSR count). The van der Waals surface area contributed by atoms with Crippen LogP contribution in [0.15, 0.2) is 0 Å². The van der Waals surface area contributed by atoms with E-state index in [9.17, 15) is 14.4 Å². The number of hydrogen-bond acceptors (Lipinski definition) is 4. The first-order valence-corrected chi connectivity index (χ1v) is 20.7. The summed E-state index contributed by atoms with van der Waals surface area (Å²) < 4.78 is 6.02. The topological polar surface area (TPSA) is 92.7 Å². The Hall–Kier alpha value is -1.59. The highest BCUT2D eigenvalue weighted by molar-refractivity contribution is 5.80. The first-order valence-electron chi connectivity index (χ1n) is 20.7. The second kappa shape index (κ2) is 37.2. The molecule has 0 saturated carbocycles. The van der Waals surface area contributed by atoms with E-state index in [1.54, 1.807) is 0 Å². The smallest absolute Gasteiger partial charge is 0.322 e. The lowest BCUT2D eigenvalue weighted by Crippen LogP contribution is -2.28. The second-order valence-corrected chi connectivity index (χ2v) is 14.3. The molecule has 6 nitrogen and oxygen atoms in total. The molecule has 0 radical (unpaired) electrons. The maximum atomic E-state index is 12.7. The van der Waals surface area contributed by atoms with Gasteiger partial charge in [-0.1, -0.05) is 181 Å². The van der Waals surface area contributed by atoms with Crippen LogP contribution < -0.4 is 5.32 Å². The van der Waals surface area contributed by atoms with Gasteiger partial charge in [-0.15, -0.1) is 0 Å². The van der Waals surface area contributed by atoms with Crippen LogP contribution in [0.2, 0.25) is 0 Å². The number of rotatable bonds is 38. The summed E-state index contributed by atoms with van der Waals surface area (Å²) in [5, 5.41) is 11.1. The van der Waals surface area contributed by atoms with Gasteiger partial charge in [-0.25, -0.2) is 0 Å². The van der Waals surface area contributed by atoms with Gasteiger partial charge in [0.15, 0.2) is 0 Å². The zero-order chi connectivity index (χ0) is 34.5. The van der Waals surface area contributed by atoms with Crippen LogP contribution in [-0.4, -0.2) is 35.6 Å². The lowest BCUT2D eigenvalue weighted by atomic mass is 10.0. The highest BCUT2D eigenvalue weighted by atomic mass is 16.5. The van der Waals surface area contributed by atoms with E-state index in [4.69, 9.17) is 9.84 Å². The molecule has 0 heterocycles. The summed E-state index contributed by atoms with van der Waals surface area (Å²) in [5.74, 6) is -1.21. The van der Waals surface area contributed by atoms with E-state index in [-0.39, 0.29) is 24.5 Å². The van der Waals surface area contributed by atoms with E-state index >= 15 is 0 Å². The normalized spacial score (nSPS) is 11.9. The molecule has 1 unspecified atom stereocenters. The SMILES string of the molecule is CCCCCCCCCCCCCCCC(CCCCCCCC(=O)NCC(=O)O)OC(=O)CCCCCCCCCCCCCC. The number of unbranched alkanes of at least 4 members (excludes halogenated alkanes) is 27. The number of aliphatic carboxylic acids is 1. The molecule has 0 fully saturated rings. The van der Waals surface area contributed by atoms with Crippen LogP contribution in [0.25, 0.3) is 0 Å². The molecule has 1 atom stereocenters. The largest absolute Gasteiger partial charge is 0.480 e. The standard InChI is InChI=1S/C41H79NO5/c1-3-5-7-9-11-13-15-17-18-20-22-25-29-33-38(34-30-26-24-27-31-35-39(43)42-37-40(44)45)47-41(46)36-32-28-23-21-19-16-14-12-10-8-6-4-2/h38H,3-37H2,1-2H3,(H,42,43)(H,44,45). The minimum atomic E-state index is -1.01. The minimum absolute atomic E-state index is 0.0100. The molecule has 0 aliphatic rings. The van der Waals surface area contributed by atoms with Gasteiger partial charge in [0, 0.05) is 12.8 Å². The van der Waals surface area contributed by atoms with E-state index in [2.05, 4.69) is 19.2 Å². The highest BCUT2D eigenvalue weighted by Crippen LogP contribution is 2.19. The molecular weight excluding hydrogens is 586 g/mol. The third-order valence-electron chi connectivity index (χ3n) is 9.53. The van der Waals surface area contributed by atoms with Gasteiger partial charge in [0.2, 0.25) is 5.91 Å². The van der Waals surface area contributed by atoms with Crippen molar-refractivity contribution in [1.29, 1.82) is 0 Å². The van der Waals surface area contributed by atoms with Crippen molar-refractivity contribution in [3.63, 3.8) is 0 Å². The van der Waals surface area contributed by atoms with Gasteiger partial charge in [0.25, 0.3) is 0 Å². The first kappa shape index (κ1) is 45.4. The van der Waals surface area contributed by atoms with Crippen molar-refractivity contribution in [3.05, 3.63) is 0 Å². The van der Waals surface area contributed by atoms with E-state index in [0.29, 0.717) is 12.8 Å². The number of carboxylic acids is 1. The summed E-state index contributed by atoms with van der Waals surface area (Å²) in [6.45, 7) is 4.24. The Bertz CT molecular complexity index is 697. The number of carbonyl (C=O) groups excluding carboxylic acids is 2. The van der Waals surface area contributed by atoms with Gasteiger partial charge in [-0.2, -0.15) is 0 Å². The van der Waals surface area contributed by atoms with Crippen molar-refractivity contribution in [3.8, 4) is 0 Å². The van der Waals surface area contributed by atoms with Gasteiger partial charge >= 0.3 is 11.9 Å². The Labute approximate surface area is 291 Å². The van der Waals surface area contributed by atoms with Crippen molar-refractivity contribution < 1.29 is 24.2 Å². The van der Waals surface area contributed by atoms with E-state index in [1.165, 1.54) is 141 Å². The lowest BCUT2D eigenvalue weighted by molar-refractivity contribution is -0.150. The summed E-state index contributed by atoms with van der Waals surface area (Å²) in [6, 6.07) is 0. The van der Waals surface area contributed by atoms with E-state index in [1.807, 2.05) is 0 Å². The van der Waals surface area contributed by atoms with Gasteiger partial charge in [0.05, 0.1) is 0 Å². The van der Waals surface area contributed by atoms with Gasteiger partial charge in [0.1, 0.15) is 12.6 Å². The fourth-order valence-electron chi connectivity index (χ4n) is 6.46. The van der Waals surface area contributed by atoms with Crippen molar-refractivity contribution >= 4 is 17.8 Å². The molecule has 0 saturated heterocycles. The van der Waals surface area contributed by atoms with Gasteiger partial charge < -0.3 is 15.2 Å². The minimum Gasteiger partial charge on any atom is -0.480 e. The molecule has 2 N–H and O–H groups in total. The Morgan fingerprint density at radius 3 is 1.15 bits per heavy atom. The maximum Gasteiger partial charge on any atom is 0.322 e. The Morgan fingerprint density at radius 1 is 0.468 bits per heavy atom. The molecule has 0 aromatic rings. The third-order valence-corrected chi connectivity index (χ3v) is 9.53. The van der Waals surface area contributed by atoms with E-state index < -0.39 is 5.97 Å². The number of ether oxygens (including phenoxy) is 1. The number of hydrogen-bond donors (Lipinski definition) is 2. The van der Waals surface area contributed by atoms with Crippen LogP contribution in [0.4, 0.5) is 0 Å². The van der Waals surface area contributed by atoms with Crippen LogP contribution in [0, 0.1) is 0 Å². The molecule has 0 aliphatic carbocycles. The average Bonchev–Trinajstić information content (AvgIpc) is 3.05. The van der Waals surface area contributed by atoms with Crippen LogP contribution in [-0.2, 0) is 19.1 Å². The summed E-state index contributed by atoms with van der Waals surface area (Å²) >= 11 is 0. The summed E-state index contributed by atoms with van der Waals surface area (Å²) in [7, 11) is 0. The van der Waals surface area contributed by atoms with Gasteiger partial charge in [-0.3, -0.25) is 14.4 Å². The molecule has 278 valence electrons. The molecule has 0 spiro atoms. The first-order chi connectivity index (χ1) is 23.0. The second-order valence-electron chi connectivity index (χ2n) is 14.3. The van der Waals surface area contributed by atoms with E-state index in [0.717, 1.165) is 64.2 Å². The predicted octanol–water partition coefficient (Wildman–Crippen LogP) is 12.4. The quantitative estimate of drug-likeness (QED) is 0.0506. The zero-order valence-electron chi connectivity index (χ0n) is 31.4. The lowest BCUT2D eigenvalue weighted by Gasteiger charge is -2.18. The Morgan fingerprint density at radius 2 is 0.787 bits per heavy atom. The molecule has 1 amide bonds. The third kappa shape index (κ3) is 37.1. The number of esters is 1. The number of nitrogens with one attached hydrogen (secondary N) is 1. The zero-order valence-corrected chi connectivity index (χ0v) is 31.4. The molecule has 0 aromatic heterocycles. The number of carbonyl (C=O) groups is 3. The van der Waals surface area contributed by atoms with Crippen molar-refractivity contribution in [2.75, 3.05) is 6.54 Å². The number of carboxylic acid groups (broad SMARTS) is 1. The summed E-state index contributed by atoms with van der Waals surface area (Å²) in [6.07, 6.45) is 40.8. The Balaban J connectivity index is 4.14. The van der Waals surface area contributed by atoms with Crippen LogP contribution >= 0.6 is 0 Å². The van der Waals surface area contributed by atoms with Gasteiger partial charge in [-0.05, 0) is 38.5 Å². The summed E-state index contributed by atoms with van der Waals surface area (Å²) in [4.78, 5) is 34.9. The van der Waals surface area contributed by atoms with Crippen LogP contribution in [0.1, 0.15) is 232 Å². The molecule has 0 aliphatic heterocycles. The number of amides is 1. The summed E-state index contributed by atoms with van der Waals surface area (Å²) in [5.41, 5.74) is 0. The van der Waals surface area contributed by atoms with Crippen molar-refractivity contribution in [1.82, 2.24) is 5.32 Å². The van der Waals surface area contributed by atoms with Crippen molar-refractivity contribution in [2.24, 2.45) is 0 Å². The molecule has 47 heavy (non-hydrogen) atoms. The van der Waals surface area contributed by atoms with Crippen molar-refractivity contribution in [2.45, 2.75) is 238 Å². The fourth-order valence-corrected chi connectivity index (χ4v) is 6.46. The van der Waals surface area contributed by atoms with Crippen LogP contribution in [0.5, 0.6) is 0 Å². The molecular formula is C41H79NO5. The van der Waals surface area contributed by atoms with Crippen LogP contribution in [0.3, 0.4) is 0 Å². The highest BCUT2D eigenvalue weighted by Gasteiger charge is 2.14. The molecule has 6 heteroatoms. The predicted molar refractivity (Wildman–Crippen MR) is 199 cm³/mol. The average molecular weight is 666 g/mol. The Kier molecular flexibility index (Phi) is 36.0.